The van der Waals surface area contributed by atoms with E-state index in [2.05, 4.69) is 17.0 Å². The van der Waals surface area contributed by atoms with Crippen molar-refractivity contribution in [2.24, 2.45) is 0 Å². The van der Waals surface area contributed by atoms with E-state index >= 15 is 0 Å². The highest BCUT2D eigenvalue weighted by atomic mass is 16.2. The van der Waals surface area contributed by atoms with Crippen molar-refractivity contribution in [2.45, 2.75) is 19.9 Å². The number of nitrogens with two attached hydrogens (primary N) is 1. The number of piperazine rings is 1. The molecule has 0 atom stereocenters. The standard InChI is InChI=1S/C12H21N5O/c1-9(2)17-10(8-11(13)14-17)12(18)16-6-4-15(3)5-7-16/h8-9H,4-7H2,1-3H3,(H2,13,14). The van der Waals surface area contributed by atoms with E-state index in [1.54, 1.807) is 10.7 Å². The summed E-state index contributed by atoms with van der Waals surface area (Å²) in [7, 11) is 2.07. The lowest BCUT2D eigenvalue weighted by Crippen LogP contribution is -2.47. The number of likely N-dealkylation sites (N-methyl/N-ethyl adjacent to an activating group) is 1. The second kappa shape index (κ2) is 4.97. The van der Waals surface area contributed by atoms with Crippen LogP contribution >= 0.6 is 0 Å². The molecular formula is C12H21N5O. The van der Waals surface area contributed by atoms with Gasteiger partial charge in [-0.1, -0.05) is 0 Å². The molecule has 6 nitrogen and oxygen atoms in total. The molecule has 2 rings (SSSR count). The van der Waals surface area contributed by atoms with Gasteiger partial charge >= 0.3 is 0 Å². The first-order valence-corrected chi connectivity index (χ1v) is 6.32. The van der Waals surface area contributed by atoms with Crippen LogP contribution in [0.5, 0.6) is 0 Å². The van der Waals surface area contributed by atoms with Gasteiger partial charge in [0.25, 0.3) is 5.91 Å². The van der Waals surface area contributed by atoms with Gasteiger partial charge in [-0.3, -0.25) is 9.48 Å². The second-order valence-electron chi connectivity index (χ2n) is 5.09. The summed E-state index contributed by atoms with van der Waals surface area (Å²) in [5.74, 6) is 0.433. The molecule has 18 heavy (non-hydrogen) atoms. The van der Waals surface area contributed by atoms with Gasteiger partial charge in [0.1, 0.15) is 11.5 Å². The van der Waals surface area contributed by atoms with Crippen LogP contribution in [0.2, 0.25) is 0 Å². The molecule has 2 N–H and O–H groups in total. The molecule has 2 heterocycles. The Morgan fingerprint density at radius 2 is 1.94 bits per heavy atom. The summed E-state index contributed by atoms with van der Waals surface area (Å²) in [5.41, 5.74) is 6.29. The zero-order valence-electron chi connectivity index (χ0n) is 11.3. The van der Waals surface area contributed by atoms with Crippen LogP contribution in [0.3, 0.4) is 0 Å². The molecule has 0 radical (unpaired) electrons. The van der Waals surface area contributed by atoms with Gasteiger partial charge in [0.15, 0.2) is 0 Å². The Labute approximate surface area is 107 Å². The normalized spacial score (nSPS) is 17.4. The van der Waals surface area contributed by atoms with Crippen LogP contribution < -0.4 is 5.73 Å². The number of nitrogens with zero attached hydrogens (tertiary/aromatic N) is 4. The zero-order valence-corrected chi connectivity index (χ0v) is 11.3. The van der Waals surface area contributed by atoms with E-state index in [1.807, 2.05) is 18.7 Å². The molecule has 0 saturated carbocycles. The van der Waals surface area contributed by atoms with E-state index in [1.165, 1.54) is 0 Å². The molecule has 1 fully saturated rings. The maximum Gasteiger partial charge on any atom is 0.272 e. The highest BCUT2D eigenvalue weighted by Crippen LogP contribution is 2.15. The number of carbonyl (C=O) groups excluding carboxylic acids is 1. The SMILES string of the molecule is CC(C)n1nc(N)cc1C(=O)N1CCN(C)CC1. The Balaban J connectivity index is 2.18. The van der Waals surface area contributed by atoms with Crippen LogP contribution in [0.1, 0.15) is 30.4 Å². The monoisotopic (exact) mass is 251 g/mol. The van der Waals surface area contributed by atoms with Gasteiger partial charge in [-0.2, -0.15) is 5.10 Å². The van der Waals surface area contributed by atoms with Crippen molar-refractivity contribution in [3.8, 4) is 0 Å². The molecule has 0 aromatic carbocycles. The summed E-state index contributed by atoms with van der Waals surface area (Å²) in [6, 6.07) is 1.80. The van der Waals surface area contributed by atoms with Crippen LogP contribution in [0.25, 0.3) is 0 Å². The zero-order chi connectivity index (χ0) is 13.3. The van der Waals surface area contributed by atoms with Crippen LogP contribution in [-0.4, -0.2) is 58.7 Å². The number of aromatic nitrogens is 2. The third kappa shape index (κ3) is 2.48. The Hall–Kier alpha value is -1.56. The van der Waals surface area contributed by atoms with Crippen LogP contribution in [0.4, 0.5) is 5.82 Å². The number of rotatable bonds is 2. The maximum atomic E-state index is 12.4. The van der Waals surface area contributed by atoms with Crippen LogP contribution in [0.15, 0.2) is 6.07 Å². The van der Waals surface area contributed by atoms with Gasteiger partial charge in [0.05, 0.1) is 0 Å². The number of amides is 1. The summed E-state index contributed by atoms with van der Waals surface area (Å²) in [6.45, 7) is 7.34. The quantitative estimate of drug-likeness (QED) is 0.828. The number of hydrogen-bond acceptors (Lipinski definition) is 4. The van der Waals surface area contributed by atoms with E-state index in [-0.39, 0.29) is 11.9 Å². The lowest BCUT2D eigenvalue weighted by molar-refractivity contribution is 0.0649. The molecule has 1 amide bonds. The summed E-state index contributed by atoms with van der Waals surface area (Å²) >= 11 is 0. The highest BCUT2D eigenvalue weighted by molar-refractivity contribution is 5.93. The van der Waals surface area contributed by atoms with Crippen molar-refractivity contribution in [1.29, 1.82) is 0 Å². The lowest BCUT2D eigenvalue weighted by Gasteiger charge is -2.32. The first-order chi connectivity index (χ1) is 8.49. The lowest BCUT2D eigenvalue weighted by atomic mass is 10.2. The van der Waals surface area contributed by atoms with Crippen molar-refractivity contribution in [2.75, 3.05) is 39.0 Å². The topological polar surface area (TPSA) is 67.4 Å². The third-order valence-electron chi connectivity index (χ3n) is 3.25. The summed E-state index contributed by atoms with van der Waals surface area (Å²) < 4.78 is 1.70. The fraction of sp³-hybridized carbons (Fsp3) is 0.667. The smallest absolute Gasteiger partial charge is 0.272 e. The fourth-order valence-corrected chi connectivity index (χ4v) is 2.14. The number of anilines is 1. The van der Waals surface area contributed by atoms with Crippen molar-refractivity contribution in [3.63, 3.8) is 0 Å². The fourth-order valence-electron chi connectivity index (χ4n) is 2.14. The summed E-state index contributed by atoms with van der Waals surface area (Å²) in [6.07, 6.45) is 0. The van der Waals surface area contributed by atoms with Gasteiger partial charge in [0.2, 0.25) is 0 Å². The van der Waals surface area contributed by atoms with Crippen molar-refractivity contribution >= 4 is 11.7 Å². The molecule has 0 aliphatic carbocycles. The predicted octanol–water partition coefficient (Wildman–Crippen LogP) is 0.434. The number of nitrogen functional groups attached to an aromatic ring is 1. The first-order valence-electron chi connectivity index (χ1n) is 6.32. The van der Waals surface area contributed by atoms with Gasteiger partial charge < -0.3 is 15.5 Å². The van der Waals surface area contributed by atoms with Gasteiger partial charge in [0, 0.05) is 38.3 Å². The Morgan fingerprint density at radius 3 is 2.50 bits per heavy atom. The third-order valence-corrected chi connectivity index (χ3v) is 3.25. The van der Waals surface area contributed by atoms with Gasteiger partial charge in [-0.05, 0) is 20.9 Å². The van der Waals surface area contributed by atoms with Crippen LogP contribution in [-0.2, 0) is 0 Å². The van der Waals surface area contributed by atoms with E-state index in [0.717, 1.165) is 26.2 Å². The Morgan fingerprint density at radius 1 is 1.33 bits per heavy atom. The van der Waals surface area contributed by atoms with E-state index in [0.29, 0.717) is 11.5 Å². The highest BCUT2D eigenvalue weighted by Gasteiger charge is 2.24. The summed E-state index contributed by atoms with van der Waals surface area (Å²) in [5, 5.41) is 4.18. The molecule has 0 bridgehead atoms. The average Bonchev–Trinajstić information content (AvgIpc) is 2.71. The van der Waals surface area contributed by atoms with E-state index in [9.17, 15) is 4.79 Å². The molecule has 0 unspecified atom stereocenters. The Kier molecular flexibility index (Phi) is 3.56. The molecule has 1 saturated heterocycles. The molecule has 6 heteroatoms. The summed E-state index contributed by atoms with van der Waals surface area (Å²) in [4.78, 5) is 16.5. The van der Waals surface area contributed by atoms with Gasteiger partial charge in [-0.15, -0.1) is 0 Å². The average molecular weight is 251 g/mol. The van der Waals surface area contributed by atoms with E-state index < -0.39 is 0 Å². The van der Waals surface area contributed by atoms with Crippen molar-refractivity contribution in [1.82, 2.24) is 19.6 Å². The largest absolute Gasteiger partial charge is 0.382 e. The minimum Gasteiger partial charge on any atom is -0.382 e. The predicted molar refractivity (Wildman–Crippen MR) is 70.4 cm³/mol. The van der Waals surface area contributed by atoms with E-state index in [4.69, 9.17) is 5.73 Å². The molecule has 1 aliphatic rings. The number of hydrogen-bond donors (Lipinski definition) is 1. The molecule has 100 valence electrons. The molecular weight excluding hydrogens is 230 g/mol. The second-order valence-corrected chi connectivity index (χ2v) is 5.09. The van der Waals surface area contributed by atoms with Gasteiger partial charge in [-0.25, -0.2) is 0 Å². The van der Waals surface area contributed by atoms with Crippen LogP contribution in [0, 0.1) is 0 Å². The maximum absolute atomic E-state index is 12.4. The molecule has 1 aromatic heterocycles. The Bertz CT molecular complexity index is 432. The van der Waals surface area contributed by atoms with Crippen molar-refractivity contribution < 1.29 is 4.79 Å². The minimum absolute atomic E-state index is 0.0287. The molecule has 0 spiro atoms. The molecule has 1 aliphatic heterocycles. The number of carbonyl (C=O) groups is 1. The van der Waals surface area contributed by atoms with Crippen molar-refractivity contribution in [3.05, 3.63) is 11.8 Å². The molecule has 1 aromatic rings. The first kappa shape index (κ1) is 12.9. The minimum atomic E-state index is 0.0287.